The largest absolute Gasteiger partial charge is 0.346 e. The molecule has 0 aliphatic carbocycles. The maximum Gasteiger partial charge on any atom is 0.257 e. The molecule has 0 saturated heterocycles. The molecule has 0 radical (unpaired) electrons. The molecule has 29 heavy (non-hydrogen) atoms. The molecule has 3 N–H and O–H groups in total. The van der Waals surface area contributed by atoms with Crippen LogP contribution in [0.25, 0.3) is 22.4 Å². The predicted octanol–water partition coefficient (Wildman–Crippen LogP) is 2.61. The van der Waals surface area contributed by atoms with Crippen LogP contribution in [0.15, 0.2) is 59.3 Å². The molecule has 0 atom stereocenters. The van der Waals surface area contributed by atoms with E-state index in [1.807, 2.05) is 42.6 Å². The maximum atomic E-state index is 11.3. The Morgan fingerprint density at radius 1 is 1.14 bits per heavy atom. The fourth-order valence-electron chi connectivity index (χ4n) is 3.20. The number of fused-ring (bicyclic) bond motifs is 1. The Morgan fingerprint density at radius 2 is 1.93 bits per heavy atom. The summed E-state index contributed by atoms with van der Waals surface area (Å²) in [6.45, 7) is 1.36. The molecular formula is C20H21N5O3S. The zero-order chi connectivity index (χ0) is 20.4. The lowest BCUT2D eigenvalue weighted by Gasteiger charge is -2.04. The van der Waals surface area contributed by atoms with Gasteiger partial charge in [-0.05, 0) is 42.0 Å². The summed E-state index contributed by atoms with van der Waals surface area (Å²) in [7, 11) is -3.29. The van der Waals surface area contributed by atoms with E-state index in [2.05, 4.69) is 19.4 Å². The lowest BCUT2D eigenvalue weighted by molar-refractivity contribution is 0.424. The number of nitrogens with one attached hydrogen (secondary N) is 1. The van der Waals surface area contributed by atoms with Gasteiger partial charge < -0.3 is 14.8 Å². The summed E-state index contributed by atoms with van der Waals surface area (Å²) in [5, 5.41) is 5.15. The molecule has 2 aromatic carbocycles. The molecule has 0 aliphatic heterocycles. The quantitative estimate of drug-likeness (QED) is 0.483. The van der Waals surface area contributed by atoms with E-state index in [1.54, 1.807) is 12.1 Å². The molecule has 0 saturated carbocycles. The van der Waals surface area contributed by atoms with Gasteiger partial charge in [-0.2, -0.15) is 4.98 Å². The van der Waals surface area contributed by atoms with Crippen LogP contribution in [0.3, 0.4) is 0 Å². The second-order valence-electron chi connectivity index (χ2n) is 6.84. The smallest absolute Gasteiger partial charge is 0.257 e. The monoisotopic (exact) mass is 411 g/mol. The van der Waals surface area contributed by atoms with Crippen LogP contribution >= 0.6 is 0 Å². The first-order valence-corrected chi connectivity index (χ1v) is 11.0. The van der Waals surface area contributed by atoms with E-state index in [0.717, 1.165) is 34.8 Å². The molecule has 0 unspecified atom stereocenters. The van der Waals surface area contributed by atoms with Crippen LogP contribution < -0.4 is 10.5 Å². The van der Waals surface area contributed by atoms with E-state index < -0.39 is 10.0 Å². The van der Waals surface area contributed by atoms with Gasteiger partial charge in [0.15, 0.2) is 5.82 Å². The molecule has 4 rings (SSSR count). The van der Waals surface area contributed by atoms with E-state index in [4.69, 9.17) is 10.3 Å². The highest BCUT2D eigenvalue weighted by atomic mass is 32.2. The van der Waals surface area contributed by atoms with Crippen molar-refractivity contribution in [3.63, 3.8) is 0 Å². The highest BCUT2D eigenvalue weighted by Crippen LogP contribution is 2.24. The first-order valence-electron chi connectivity index (χ1n) is 9.10. The molecular weight excluding hydrogens is 390 g/mol. The Labute approximate surface area is 168 Å². The standard InChI is InChI=1S/C20H21N5O3S/c1-29(26,27)24-17-5-2-14(3-6-17)12-19-22-20(28-23-19)16-4-7-18-15(13-16)8-10-25(18)11-9-21/h2-8,10,13,24H,9,11-12,21H2,1H3. The molecule has 0 amide bonds. The van der Waals surface area contributed by atoms with Crippen LogP contribution in [0, 0.1) is 0 Å². The second-order valence-corrected chi connectivity index (χ2v) is 8.58. The average Bonchev–Trinajstić information content (AvgIpc) is 3.29. The normalized spacial score (nSPS) is 11.8. The number of anilines is 1. The molecule has 0 spiro atoms. The van der Waals surface area contributed by atoms with Gasteiger partial charge in [0.05, 0.1) is 6.26 Å². The summed E-state index contributed by atoms with van der Waals surface area (Å²) in [4.78, 5) is 4.49. The fraction of sp³-hybridized carbons (Fsp3) is 0.200. The Hall–Kier alpha value is -3.17. The Bertz CT molecular complexity index is 1240. The van der Waals surface area contributed by atoms with Crippen molar-refractivity contribution in [2.24, 2.45) is 5.73 Å². The van der Waals surface area contributed by atoms with E-state index in [-0.39, 0.29) is 0 Å². The van der Waals surface area contributed by atoms with E-state index in [0.29, 0.717) is 30.4 Å². The lowest BCUT2D eigenvalue weighted by Crippen LogP contribution is -2.09. The third-order valence-corrected chi connectivity index (χ3v) is 5.08. The lowest BCUT2D eigenvalue weighted by atomic mass is 10.1. The minimum atomic E-state index is -3.29. The van der Waals surface area contributed by atoms with Crippen LogP contribution in [0.1, 0.15) is 11.4 Å². The summed E-state index contributed by atoms with van der Waals surface area (Å²) in [5.41, 5.74) is 9.08. The molecule has 2 heterocycles. The number of nitrogens with two attached hydrogens (primary N) is 1. The van der Waals surface area contributed by atoms with E-state index in [9.17, 15) is 8.42 Å². The number of rotatable bonds is 7. The van der Waals surface area contributed by atoms with E-state index >= 15 is 0 Å². The van der Waals surface area contributed by atoms with Crippen molar-refractivity contribution in [3.8, 4) is 11.5 Å². The predicted molar refractivity (Wildman–Crippen MR) is 112 cm³/mol. The summed E-state index contributed by atoms with van der Waals surface area (Å²) in [6, 6.07) is 15.1. The fourth-order valence-corrected chi connectivity index (χ4v) is 3.76. The molecule has 9 heteroatoms. The third-order valence-electron chi connectivity index (χ3n) is 4.48. The van der Waals surface area contributed by atoms with Crippen molar-refractivity contribution >= 4 is 26.6 Å². The van der Waals surface area contributed by atoms with E-state index in [1.165, 1.54) is 0 Å². The second kappa shape index (κ2) is 7.69. The first kappa shape index (κ1) is 19.2. The summed E-state index contributed by atoms with van der Waals surface area (Å²) < 4.78 is 32.5. The van der Waals surface area contributed by atoms with Crippen molar-refractivity contribution in [3.05, 3.63) is 66.1 Å². The minimum absolute atomic E-state index is 0.462. The van der Waals surface area contributed by atoms with Gasteiger partial charge in [-0.1, -0.05) is 17.3 Å². The van der Waals surface area contributed by atoms with Crippen molar-refractivity contribution in [1.29, 1.82) is 0 Å². The van der Waals surface area contributed by atoms with Gasteiger partial charge in [-0.25, -0.2) is 8.42 Å². The number of benzene rings is 2. The number of hydrogen-bond acceptors (Lipinski definition) is 6. The number of nitrogens with zero attached hydrogens (tertiary/aromatic N) is 3. The first-order chi connectivity index (χ1) is 13.9. The van der Waals surface area contributed by atoms with Crippen molar-refractivity contribution in [2.45, 2.75) is 13.0 Å². The highest BCUT2D eigenvalue weighted by molar-refractivity contribution is 7.92. The van der Waals surface area contributed by atoms with Crippen molar-refractivity contribution in [1.82, 2.24) is 14.7 Å². The SMILES string of the molecule is CS(=O)(=O)Nc1ccc(Cc2noc(-c3ccc4c(ccn4CCN)c3)n2)cc1. The average molecular weight is 411 g/mol. The van der Waals surface area contributed by atoms with Gasteiger partial charge in [0.1, 0.15) is 0 Å². The molecule has 8 nitrogen and oxygen atoms in total. The van der Waals surface area contributed by atoms with Gasteiger partial charge >= 0.3 is 0 Å². The van der Waals surface area contributed by atoms with Crippen molar-refractivity contribution < 1.29 is 12.9 Å². The maximum absolute atomic E-state index is 11.3. The molecule has 150 valence electrons. The van der Waals surface area contributed by atoms with Gasteiger partial charge in [-0.15, -0.1) is 0 Å². The number of hydrogen-bond donors (Lipinski definition) is 2. The van der Waals surface area contributed by atoms with Gasteiger partial charge in [0.25, 0.3) is 5.89 Å². The zero-order valence-corrected chi connectivity index (χ0v) is 16.7. The van der Waals surface area contributed by atoms with Crippen LogP contribution in [-0.4, -0.2) is 35.9 Å². The van der Waals surface area contributed by atoms with Gasteiger partial charge in [0.2, 0.25) is 10.0 Å². The zero-order valence-electron chi connectivity index (χ0n) is 15.9. The highest BCUT2D eigenvalue weighted by Gasteiger charge is 2.11. The Balaban J connectivity index is 1.50. The van der Waals surface area contributed by atoms with Crippen molar-refractivity contribution in [2.75, 3.05) is 17.5 Å². The van der Waals surface area contributed by atoms with Gasteiger partial charge in [-0.3, -0.25) is 4.72 Å². The summed E-state index contributed by atoms with van der Waals surface area (Å²) in [6.07, 6.45) is 3.62. The molecule has 2 aromatic heterocycles. The molecule has 4 aromatic rings. The molecule has 0 aliphatic rings. The van der Waals surface area contributed by atoms with Gasteiger partial charge in [0, 0.05) is 47.9 Å². The topological polar surface area (TPSA) is 116 Å². The van der Waals surface area contributed by atoms with Crippen LogP contribution in [0.2, 0.25) is 0 Å². The third kappa shape index (κ3) is 4.47. The van der Waals surface area contributed by atoms with Crippen LogP contribution in [0.5, 0.6) is 0 Å². The summed E-state index contributed by atoms with van der Waals surface area (Å²) >= 11 is 0. The minimum Gasteiger partial charge on any atom is -0.346 e. The Kier molecular flexibility index (Phi) is 5.08. The Morgan fingerprint density at radius 3 is 2.66 bits per heavy atom. The van der Waals surface area contributed by atoms with Crippen LogP contribution in [-0.2, 0) is 23.0 Å². The summed E-state index contributed by atoms with van der Waals surface area (Å²) in [5.74, 6) is 1.02. The van der Waals surface area contributed by atoms with Crippen LogP contribution in [0.4, 0.5) is 5.69 Å². The number of aromatic nitrogens is 3. The number of sulfonamides is 1. The molecule has 0 fully saturated rings. The molecule has 0 bridgehead atoms.